The Morgan fingerprint density at radius 2 is 1.71 bits per heavy atom. The number of aromatic nitrogens is 1. The zero-order valence-electron chi connectivity index (χ0n) is 23.5. The van der Waals surface area contributed by atoms with Gasteiger partial charge in [-0.2, -0.15) is 0 Å². The maximum atomic E-state index is 12.7. The van der Waals surface area contributed by atoms with Gasteiger partial charge in [-0.15, -0.1) is 12.6 Å². The number of hydrogen-bond acceptors (Lipinski definition) is 8. The lowest BCUT2D eigenvalue weighted by molar-refractivity contribution is -0.138. The average Bonchev–Trinajstić information content (AvgIpc) is 3.40. The van der Waals surface area contributed by atoms with Crippen LogP contribution < -0.4 is 10.1 Å². The van der Waals surface area contributed by atoms with Gasteiger partial charge < -0.3 is 29.2 Å². The number of amides is 2. The number of piperazine rings is 1. The largest absolute Gasteiger partial charge is 0.497 e. The number of nitrogens with one attached hydrogen (secondary N) is 1. The lowest BCUT2D eigenvalue weighted by Crippen LogP contribution is -2.51. The number of benzene rings is 1. The van der Waals surface area contributed by atoms with Gasteiger partial charge in [0.15, 0.2) is 5.69 Å². The Kier molecular flexibility index (Phi) is 11.5. The van der Waals surface area contributed by atoms with Crippen LogP contribution in [0.2, 0.25) is 0 Å². The highest BCUT2D eigenvalue weighted by molar-refractivity contribution is 7.80. The van der Waals surface area contributed by atoms with E-state index in [1.165, 1.54) is 6.26 Å². The zero-order chi connectivity index (χ0) is 27.7. The van der Waals surface area contributed by atoms with Gasteiger partial charge in [0.1, 0.15) is 12.0 Å². The second-order valence-corrected chi connectivity index (χ2v) is 10.6. The van der Waals surface area contributed by atoms with Gasteiger partial charge in [-0.25, -0.2) is 4.98 Å². The van der Waals surface area contributed by atoms with Gasteiger partial charge in [-0.1, -0.05) is 6.92 Å². The summed E-state index contributed by atoms with van der Waals surface area (Å²) in [6, 6.07) is 3.96. The lowest BCUT2D eigenvalue weighted by atomic mass is 9.94. The number of carbonyl (C=O) groups is 2. The molecule has 2 aromatic rings. The first-order valence-corrected chi connectivity index (χ1v) is 13.9. The smallest absolute Gasteiger partial charge is 0.275 e. The predicted octanol–water partition coefficient (Wildman–Crippen LogP) is 3.40. The van der Waals surface area contributed by atoms with E-state index in [1.54, 1.807) is 12.0 Å². The van der Waals surface area contributed by atoms with E-state index in [4.69, 9.17) is 9.15 Å². The minimum absolute atomic E-state index is 0.0311. The summed E-state index contributed by atoms with van der Waals surface area (Å²) in [5.74, 6) is 1.61. The second kappa shape index (κ2) is 14.6. The van der Waals surface area contributed by atoms with E-state index < -0.39 is 0 Å². The molecule has 4 rings (SSSR count). The third-order valence-electron chi connectivity index (χ3n) is 7.12. The quantitative estimate of drug-likeness (QED) is 0.407. The molecule has 2 fully saturated rings. The molecule has 9 nitrogen and oxygen atoms in total. The van der Waals surface area contributed by atoms with Crippen LogP contribution in [0.5, 0.6) is 5.75 Å². The van der Waals surface area contributed by atoms with Crippen molar-refractivity contribution in [3.05, 3.63) is 41.1 Å². The standard InChI is InChI=1S/C19H31N5O3.C9H12OS/c1-3-6-20-13-17-21-16(14-27-17)19(26)23-7-4-15(5-8-23)18(25)24-11-9-22(2)10-12-24;1-6-4-8(10-3)5-7(2)9(6)11/h14-15,20H,3-13H2,1-2H3;4-5,11H,1-3H3. The Morgan fingerprint density at radius 3 is 2.29 bits per heavy atom. The topological polar surface area (TPSA) is 91.2 Å². The van der Waals surface area contributed by atoms with Crippen molar-refractivity contribution in [2.45, 2.75) is 51.5 Å². The van der Waals surface area contributed by atoms with Gasteiger partial charge in [0, 0.05) is 50.1 Å². The van der Waals surface area contributed by atoms with E-state index in [0.717, 1.165) is 73.8 Å². The molecule has 10 heteroatoms. The molecular weight excluding hydrogens is 502 g/mol. The number of rotatable bonds is 7. The highest BCUT2D eigenvalue weighted by Crippen LogP contribution is 2.24. The molecule has 2 amide bonds. The minimum Gasteiger partial charge on any atom is -0.497 e. The molecule has 2 saturated heterocycles. The van der Waals surface area contributed by atoms with Gasteiger partial charge in [-0.05, 0) is 70.0 Å². The first kappa shape index (κ1) is 30.0. The summed E-state index contributed by atoms with van der Waals surface area (Å²) in [5, 5.41) is 3.21. The van der Waals surface area contributed by atoms with Gasteiger partial charge in [-0.3, -0.25) is 9.59 Å². The fraction of sp³-hybridized carbons (Fsp3) is 0.607. The van der Waals surface area contributed by atoms with Gasteiger partial charge in [0.05, 0.1) is 13.7 Å². The molecule has 0 aliphatic carbocycles. The molecular formula is C28H43N5O4S. The number of piperidine rings is 1. The first-order chi connectivity index (χ1) is 18.2. The van der Waals surface area contributed by atoms with Crippen molar-refractivity contribution in [3.8, 4) is 5.75 Å². The third-order valence-corrected chi connectivity index (χ3v) is 7.83. The van der Waals surface area contributed by atoms with E-state index in [-0.39, 0.29) is 17.7 Å². The Hall–Kier alpha value is -2.56. The molecule has 0 radical (unpaired) electrons. The molecule has 1 N–H and O–H groups in total. The Bertz CT molecular complexity index is 1040. The summed E-state index contributed by atoms with van der Waals surface area (Å²) < 4.78 is 10.5. The normalized spacial score (nSPS) is 16.7. The van der Waals surface area contributed by atoms with Crippen molar-refractivity contribution in [1.82, 2.24) is 25.0 Å². The number of methoxy groups -OCH3 is 1. The van der Waals surface area contributed by atoms with E-state index >= 15 is 0 Å². The number of hydrogen-bond donors (Lipinski definition) is 2. The molecule has 1 aromatic heterocycles. The lowest BCUT2D eigenvalue weighted by Gasteiger charge is -2.37. The number of likely N-dealkylation sites (N-methyl/N-ethyl adjacent to an activating group) is 1. The van der Waals surface area contributed by atoms with Crippen molar-refractivity contribution >= 4 is 24.4 Å². The SMILES string of the molecule is CCCNCc1nc(C(=O)N2CCC(C(=O)N3CCN(C)CC3)CC2)co1.COc1cc(C)c(S)c(C)c1. The highest BCUT2D eigenvalue weighted by Gasteiger charge is 2.32. The van der Waals surface area contributed by atoms with E-state index in [2.05, 4.69) is 41.8 Å². The van der Waals surface area contributed by atoms with Crippen LogP contribution in [0.4, 0.5) is 0 Å². The summed E-state index contributed by atoms with van der Waals surface area (Å²) in [5.41, 5.74) is 2.67. The van der Waals surface area contributed by atoms with Gasteiger partial charge >= 0.3 is 0 Å². The van der Waals surface area contributed by atoms with Crippen molar-refractivity contribution in [2.75, 3.05) is 60.0 Å². The molecule has 1 aromatic carbocycles. The maximum Gasteiger partial charge on any atom is 0.275 e. The van der Waals surface area contributed by atoms with Crippen molar-refractivity contribution in [1.29, 1.82) is 0 Å². The molecule has 0 atom stereocenters. The fourth-order valence-corrected chi connectivity index (χ4v) is 4.80. The fourth-order valence-electron chi connectivity index (χ4n) is 4.67. The number of oxazole rings is 1. The van der Waals surface area contributed by atoms with Crippen molar-refractivity contribution < 1.29 is 18.7 Å². The van der Waals surface area contributed by atoms with Gasteiger partial charge in [0.2, 0.25) is 11.8 Å². The minimum atomic E-state index is -0.106. The molecule has 210 valence electrons. The van der Waals surface area contributed by atoms with Crippen LogP contribution in [0.1, 0.15) is 53.7 Å². The molecule has 2 aliphatic heterocycles. The third kappa shape index (κ3) is 8.22. The monoisotopic (exact) mass is 545 g/mol. The van der Waals surface area contributed by atoms with Crippen LogP contribution in [0.3, 0.4) is 0 Å². The number of nitrogens with zero attached hydrogens (tertiary/aromatic N) is 4. The summed E-state index contributed by atoms with van der Waals surface area (Å²) in [6.45, 7) is 12.2. The molecule has 3 heterocycles. The van der Waals surface area contributed by atoms with Crippen LogP contribution in [-0.2, 0) is 11.3 Å². The summed E-state index contributed by atoms with van der Waals surface area (Å²) in [4.78, 5) is 36.7. The Morgan fingerprint density at radius 1 is 1.08 bits per heavy atom. The maximum absolute atomic E-state index is 12.7. The van der Waals surface area contributed by atoms with Crippen LogP contribution >= 0.6 is 12.6 Å². The molecule has 0 bridgehead atoms. The van der Waals surface area contributed by atoms with E-state index in [1.807, 2.05) is 30.9 Å². The first-order valence-electron chi connectivity index (χ1n) is 13.5. The van der Waals surface area contributed by atoms with Crippen molar-refractivity contribution in [2.24, 2.45) is 5.92 Å². The summed E-state index contributed by atoms with van der Waals surface area (Å²) in [6.07, 6.45) is 3.92. The van der Waals surface area contributed by atoms with E-state index in [9.17, 15) is 9.59 Å². The molecule has 0 spiro atoms. The molecule has 0 unspecified atom stereocenters. The summed E-state index contributed by atoms with van der Waals surface area (Å²) >= 11 is 4.34. The van der Waals surface area contributed by atoms with Gasteiger partial charge in [0.25, 0.3) is 5.91 Å². The van der Waals surface area contributed by atoms with E-state index in [0.29, 0.717) is 31.2 Å². The second-order valence-electron chi connectivity index (χ2n) is 10.1. The highest BCUT2D eigenvalue weighted by atomic mass is 32.1. The predicted molar refractivity (Wildman–Crippen MR) is 151 cm³/mol. The summed E-state index contributed by atoms with van der Waals surface area (Å²) in [7, 11) is 3.76. The Balaban J connectivity index is 0.000000304. The number of ether oxygens (including phenoxy) is 1. The number of aryl methyl sites for hydroxylation is 2. The van der Waals surface area contributed by atoms with Crippen LogP contribution in [0, 0.1) is 19.8 Å². The molecule has 0 saturated carbocycles. The van der Waals surface area contributed by atoms with Crippen LogP contribution in [-0.4, -0.2) is 91.5 Å². The van der Waals surface area contributed by atoms with Crippen LogP contribution in [0.25, 0.3) is 0 Å². The zero-order valence-corrected chi connectivity index (χ0v) is 24.4. The number of thiol groups is 1. The van der Waals surface area contributed by atoms with Crippen LogP contribution in [0.15, 0.2) is 27.7 Å². The van der Waals surface area contributed by atoms with Crippen molar-refractivity contribution in [3.63, 3.8) is 0 Å². The number of carbonyl (C=O) groups excluding carboxylic acids is 2. The average molecular weight is 546 g/mol. The number of likely N-dealkylation sites (tertiary alicyclic amines) is 1. The molecule has 38 heavy (non-hydrogen) atoms. The molecule has 2 aliphatic rings. The Labute approximate surface area is 232 Å².